The van der Waals surface area contributed by atoms with Crippen molar-refractivity contribution < 1.29 is 9.59 Å². The summed E-state index contributed by atoms with van der Waals surface area (Å²) in [6, 6.07) is 9.11. The molecule has 2 saturated heterocycles. The number of nitrogens with one attached hydrogen (secondary N) is 2. The van der Waals surface area contributed by atoms with Gasteiger partial charge in [-0.1, -0.05) is 0 Å². The second kappa shape index (κ2) is 7.72. The molecule has 0 unspecified atom stereocenters. The van der Waals surface area contributed by atoms with Crippen LogP contribution in [0.2, 0.25) is 0 Å². The molecule has 0 aliphatic carbocycles. The third kappa shape index (κ3) is 3.43. The monoisotopic (exact) mass is 405 g/mol. The number of anilines is 1. The molecule has 2 fully saturated rings. The Kier molecular flexibility index (Phi) is 4.90. The van der Waals surface area contributed by atoms with Gasteiger partial charge in [0, 0.05) is 48.8 Å². The molecule has 1 spiro atoms. The van der Waals surface area contributed by atoms with Crippen LogP contribution >= 0.6 is 0 Å². The Morgan fingerprint density at radius 1 is 1.00 bits per heavy atom. The summed E-state index contributed by atoms with van der Waals surface area (Å²) in [5, 5.41) is 6.35. The van der Waals surface area contributed by atoms with Crippen LogP contribution in [0.4, 0.5) is 10.5 Å². The predicted octanol–water partition coefficient (Wildman–Crippen LogP) is 2.99. The van der Waals surface area contributed by atoms with Gasteiger partial charge in [0.25, 0.3) is 5.91 Å². The molecule has 3 aliphatic rings. The molecule has 0 bridgehead atoms. The van der Waals surface area contributed by atoms with Gasteiger partial charge in [0.2, 0.25) is 0 Å². The Hall–Kier alpha value is -2.93. The molecule has 1 aromatic carbocycles. The molecule has 4 heterocycles. The van der Waals surface area contributed by atoms with Gasteiger partial charge in [0.05, 0.1) is 0 Å². The molecule has 0 atom stereocenters. The zero-order valence-corrected chi connectivity index (χ0v) is 17.1. The number of nitrogens with zero attached hydrogens (tertiary/aromatic N) is 3. The smallest absolute Gasteiger partial charge is 0.322 e. The lowest BCUT2D eigenvalue weighted by Gasteiger charge is -2.42. The first kappa shape index (κ1) is 19.1. The van der Waals surface area contributed by atoms with Crippen molar-refractivity contribution in [2.45, 2.75) is 44.3 Å². The summed E-state index contributed by atoms with van der Waals surface area (Å²) in [6.45, 7) is 3.95. The number of benzene rings is 1. The molecule has 2 N–H and O–H groups in total. The number of urea groups is 1. The topological polar surface area (TPSA) is 77.6 Å². The minimum atomic E-state index is -0.140. The van der Waals surface area contributed by atoms with Gasteiger partial charge in [0.15, 0.2) is 0 Å². The van der Waals surface area contributed by atoms with E-state index in [1.807, 2.05) is 36.5 Å². The third-order valence-electron chi connectivity index (χ3n) is 6.77. The number of pyridine rings is 1. The average Bonchev–Trinajstić information content (AvgIpc) is 3.39. The van der Waals surface area contributed by atoms with E-state index in [4.69, 9.17) is 0 Å². The van der Waals surface area contributed by atoms with Crippen molar-refractivity contribution >= 4 is 17.6 Å². The van der Waals surface area contributed by atoms with Crippen LogP contribution in [0.5, 0.6) is 0 Å². The lowest BCUT2D eigenvalue weighted by Crippen LogP contribution is -2.53. The molecule has 2 aromatic rings. The van der Waals surface area contributed by atoms with Crippen LogP contribution < -0.4 is 10.6 Å². The highest BCUT2D eigenvalue weighted by molar-refractivity contribution is 5.96. The fourth-order valence-electron chi connectivity index (χ4n) is 5.09. The zero-order chi connectivity index (χ0) is 20.6. The van der Waals surface area contributed by atoms with E-state index in [2.05, 4.69) is 20.5 Å². The van der Waals surface area contributed by atoms with Crippen molar-refractivity contribution in [3.63, 3.8) is 0 Å². The van der Waals surface area contributed by atoms with Gasteiger partial charge >= 0.3 is 6.03 Å². The van der Waals surface area contributed by atoms with Gasteiger partial charge in [-0.15, -0.1) is 0 Å². The van der Waals surface area contributed by atoms with E-state index < -0.39 is 0 Å². The van der Waals surface area contributed by atoms with Crippen LogP contribution in [-0.2, 0) is 13.1 Å². The van der Waals surface area contributed by atoms with Gasteiger partial charge in [-0.05, 0) is 80.2 Å². The number of fused-ring (bicyclic) bond motifs is 1. The molecule has 3 amide bonds. The summed E-state index contributed by atoms with van der Waals surface area (Å²) in [4.78, 5) is 33.8. The third-order valence-corrected chi connectivity index (χ3v) is 6.77. The van der Waals surface area contributed by atoms with Crippen LogP contribution in [0.3, 0.4) is 0 Å². The largest absolute Gasteiger partial charge is 0.333 e. The number of rotatable bonds is 2. The van der Waals surface area contributed by atoms with Crippen LogP contribution in [-0.4, -0.2) is 51.9 Å². The SMILES string of the molecule is O=C(Nc1ccc(C(=O)N2CCCC23CCNCC3)cc1)N1Cc2ccncc2C1. The number of aromatic nitrogens is 1. The lowest BCUT2D eigenvalue weighted by molar-refractivity contribution is 0.0519. The first-order chi connectivity index (χ1) is 14.6. The van der Waals surface area contributed by atoms with Gasteiger partial charge in [-0.3, -0.25) is 9.78 Å². The molecule has 156 valence electrons. The number of amides is 3. The Labute approximate surface area is 176 Å². The first-order valence-corrected chi connectivity index (χ1v) is 10.8. The van der Waals surface area contributed by atoms with Crippen LogP contribution in [0.1, 0.15) is 47.2 Å². The molecular formula is C23H27N5O2. The van der Waals surface area contributed by atoms with E-state index in [0.29, 0.717) is 24.3 Å². The predicted molar refractivity (Wildman–Crippen MR) is 114 cm³/mol. The minimum absolute atomic E-state index is 0.0227. The van der Waals surface area contributed by atoms with Crippen molar-refractivity contribution in [1.82, 2.24) is 20.1 Å². The fraction of sp³-hybridized carbons (Fsp3) is 0.435. The number of carbonyl (C=O) groups is 2. The molecule has 0 saturated carbocycles. The normalized spacial score (nSPS) is 19.7. The molecule has 5 rings (SSSR count). The maximum atomic E-state index is 13.2. The van der Waals surface area contributed by atoms with Crippen molar-refractivity contribution in [1.29, 1.82) is 0 Å². The number of hydrogen-bond donors (Lipinski definition) is 2. The number of likely N-dealkylation sites (tertiary alicyclic amines) is 1. The fourth-order valence-corrected chi connectivity index (χ4v) is 5.09. The van der Waals surface area contributed by atoms with E-state index in [0.717, 1.165) is 56.4 Å². The zero-order valence-electron chi connectivity index (χ0n) is 17.1. The Balaban J connectivity index is 1.24. The second-order valence-corrected chi connectivity index (χ2v) is 8.54. The highest BCUT2D eigenvalue weighted by Crippen LogP contribution is 2.37. The quantitative estimate of drug-likeness (QED) is 0.805. The van der Waals surface area contributed by atoms with Crippen molar-refractivity contribution in [3.05, 3.63) is 59.4 Å². The summed E-state index contributed by atoms with van der Waals surface area (Å²) in [7, 11) is 0. The molecular weight excluding hydrogens is 378 g/mol. The van der Waals surface area contributed by atoms with E-state index in [9.17, 15) is 9.59 Å². The summed E-state index contributed by atoms with van der Waals surface area (Å²) in [5.41, 5.74) is 3.63. The van der Waals surface area contributed by atoms with E-state index in [-0.39, 0.29) is 17.5 Å². The number of hydrogen-bond acceptors (Lipinski definition) is 4. The Bertz CT molecular complexity index is 927. The number of carbonyl (C=O) groups excluding carboxylic acids is 2. The van der Waals surface area contributed by atoms with Crippen molar-refractivity contribution in [3.8, 4) is 0 Å². The summed E-state index contributed by atoms with van der Waals surface area (Å²) < 4.78 is 0. The molecule has 7 nitrogen and oxygen atoms in total. The average molecular weight is 406 g/mol. The summed E-state index contributed by atoms with van der Waals surface area (Å²) in [6.07, 6.45) is 7.80. The standard InChI is InChI=1S/C23H27N5O2/c29-21(28-13-1-7-23(28)8-11-24-12-9-23)17-2-4-20(5-3-17)26-22(30)27-15-18-6-10-25-14-19(18)16-27/h2-6,10,14,24H,1,7-9,11-13,15-16H2,(H,26,30). The minimum Gasteiger partial charge on any atom is -0.333 e. The van der Waals surface area contributed by atoms with Crippen LogP contribution in [0.25, 0.3) is 0 Å². The second-order valence-electron chi connectivity index (χ2n) is 8.54. The molecule has 7 heteroatoms. The summed E-state index contributed by atoms with van der Waals surface area (Å²) >= 11 is 0. The van der Waals surface area contributed by atoms with Gasteiger partial charge in [-0.2, -0.15) is 0 Å². The molecule has 1 aromatic heterocycles. The van der Waals surface area contributed by atoms with Crippen molar-refractivity contribution in [2.75, 3.05) is 25.0 Å². The molecule has 0 radical (unpaired) electrons. The van der Waals surface area contributed by atoms with Crippen molar-refractivity contribution in [2.24, 2.45) is 0 Å². The Morgan fingerprint density at radius 3 is 2.53 bits per heavy atom. The molecule has 30 heavy (non-hydrogen) atoms. The highest BCUT2D eigenvalue weighted by atomic mass is 16.2. The first-order valence-electron chi connectivity index (χ1n) is 10.8. The van der Waals surface area contributed by atoms with Gasteiger partial charge in [-0.25, -0.2) is 4.79 Å². The summed E-state index contributed by atoms with van der Waals surface area (Å²) in [5.74, 6) is 0.106. The lowest BCUT2D eigenvalue weighted by atomic mass is 9.85. The van der Waals surface area contributed by atoms with E-state index in [1.54, 1.807) is 11.1 Å². The van der Waals surface area contributed by atoms with Gasteiger partial charge < -0.3 is 20.4 Å². The van der Waals surface area contributed by atoms with Crippen LogP contribution in [0, 0.1) is 0 Å². The number of piperidine rings is 1. The molecule has 3 aliphatic heterocycles. The highest BCUT2D eigenvalue weighted by Gasteiger charge is 2.44. The maximum absolute atomic E-state index is 13.2. The van der Waals surface area contributed by atoms with E-state index in [1.165, 1.54) is 0 Å². The van der Waals surface area contributed by atoms with Gasteiger partial charge in [0.1, 0.15) is 0 Å². The van der Waals surface area contributed by atoms with Crippen LogP contribution in [0.15, 0.2) is 42.7 Å². The Morgan fingerprint density at radius 2 is 1.77 bits per heavy atom. The maximum Gasteiger partial charge on any atom is 0.322 e. The van der Waals surface area contributed by atoms with E-state index >= 15 is 0 Å².